The second-order valence-corrected chi connectivity index (χ2v) is 5.35. The minimum Gasteiger partial charge on any atom is -0.381 e. The molecule has 0 aromatic heterocycles. The first-order valence-electron chi connectivity index (χ1n) is 6.76. The number of likely N-dealkylation sites (tertiary alicyclic amines) is 1. The SMILES string of the molecule is CCNC1CCN(C2CC(OC)C2)C(C)C1. The van der Waals surface area contributed by atoms with Crippen molar-refractivity contribution in [3.63, 3.8) is 0 Å². The normalized spacial score (nSPS) is 40.7. The number of nitrogens with one attached hydrogen (secondary N) is 1. The summed E-state index contributed by atoms with van der Waals surface area (Å²) in [5.74, 6) is 0. The van der Waals surface area contributed by atoms with Gasteiger partial charge in [0.15, 0.2) is 0 Å². The van der Waals surface area contributed by atoms with Crippen LogP contribution in [-0.2, 0) is 4.74 Å². The number of hydrogen-bond acceptors (Lipinski definition) is 3. The molecule has 94 valence electrons. The van der Waals surface area contributed by atoms with E-state index in [2.05, 4.69) is 24.1 Å². The van der Waals surface area contributed by atoms with Crippen LogP contribution in [0.1, 0.15) is 39.5 Å². The maximum Gasteiger partial charge on any atom is 0.0601 e. The van der Waals surface area contributed by atoms with E-state index in [9.17, 15) is 0 Å². The first kappa shape index (κ1) is 12.3. The monoisotopic (exact) mass is 226 g/mol. The van der Waals surface area contributed by atoms with E-state index in [0.29, 0.717) is 6.10 Å². The molecule has 1 heterocycles. The highest BCUT2D eigenvalue weighted by Crippen LogP contribution is 2.32. The fourth-order valence-corrected chi connectivity index (χ4v) is 3.21. The Hall–Kier alpha value is -0.120. The van der Waals surface area contributed by atoms with Gasteiger partial charge in [0.1, 0.15) is 0 Å². The zero-order chi connectivity index (χ0) is 11.5. The standard InChI is InChI=1S/C13H26N2O/c1-4-14-11-5-6-15(10(2)7-11)12-8-13(9-12)16-3/h10-14H,4-9H2,1-3H3. The third-order valence-electron chi connectivity index (χ3n) is 4.29. The molecule has 0 spiro atoms. The van der Waals surface area contributed by atoms with Crippen LogP contribution in [0.5, 0.6) is 0 Å². The molecular weight excluding hydrogens is 200 g/mol. The van der Waals surface area contributed by atoms with E-state index in [4.69, 9.17) is 4.74 Å². The third-order valence-corrected chi connectivity index (χ3v) is 4.29. The summed E-state index contributed by atoms with van der Waals surface area (Å²) in [4.78, 5) is 2.70. The van der Waals surface area contributed by atoms with Crippen LogP contribution < -0.4 is 5.32 Å². The van der Waals surface area contributed by atoms with Crippen molar-refractivity contribution in [1.29, 1.82) is 0 Å². The molecule has 0 radical (unpaired) electrons. The van der Waals surface area contributed by atoms with Crippen LogP contribution in [0, 0.1) is 0 Å². The van der Waals surface area contributed by atoms with Gasteiger partial charge in [-0.3, -0.25) is 4.90 Å². The molecule has 3 heteroatoms. The van der Waals surface area contributed by atoms with Crippen LogP contribution in [0.4, 0.5) is 0 Å². The second kappa shape index (κ2) is 5.48. The zero-order valence-electron chi connectivity index (χ0n) is 10.9. The maximum absolute atomic E-state index is 5.36. The van der Waals surface area contributed by atoms with Crippen molar-refractivity contribution in [2.24, 2.45) is 0 Å². The Balaban J connectivity index is 1.76. The van der Waals surface area contributed by atoms with E-state index in [1.165, 1.54) is 32.2 Å². The van der Waals surface area contributed by atoms with Crippen molar-refractivity contribution in [3.8, 4) is 0 Å². The number of rotatable bonds is 4. The topological polar surface area (TPSA) is 24.5 Å². The lowest BCUT2D eigenvalue weighted by molar-refractivity contribution is -0.0494. The van der Waals surface area contributed by atoms with Gasteiger partial charge in [-0.2, -0.15) is 0 Å². The highest BCUT2D eigenvalue weighted by molar-refractivity contribution is 4.93. The molecule has 0 bridgehead atoms. The zero-order valence-corrected chi connectivity index (χ0v) is 10.9. The van der Waals surface area contributed by atoms with Gasteiger partial charge in [0, 0.05) is 31.8 Å². The Labute approximate surface area is 99.5 Å². The molecule has 1 saturated heterocycles. The highest BCUT2D eigenvalue weighted by atomic mass is 16.5. The lowest BCUT2D eigenvalue weighted by Crippen LogP contribution is -2.56. The number of hydrogen-bond donors (Lipinski definition) is 1. The highest BCUT2D eigenvalue weighted by Gasteiger charge is 2.37. The van der Waals surface area contributed by atoms with Crippen LogP contribution in [0.25, 0.3) is 0 Å². The van der Waals surface area contributed by atoms with Crippen molar-refractivity contribution in [3.05, 3.63) is 0 Å². The van der Waals surface area contributed by atoms with Gasteiger partial charge in [-0.25, -0.2) is 0 Å². The van der Waals surface area contributed by atoms with E-state index in [-0.39, 0.29) is 0 Å². The lowest BCUT2D eigenvalue weighted by atomic mass is 9.84. The molecule has 1 aliphatic carbocycles. The number of nitrogens with zero attached hydrogens (tertiary/aromatic N) is 1. The Morgan fingerprint density at radius 1 is 1.31 bits per heavy atom. The van der Waals surface area contributed by atoms with Gasteiger partial charge in [0.25, 0.3) is 0 Å². The molecule has 2 rings (SSSR count). The molecule has 0 aromatic rings. The largest absolute Gasteiger partial charge is 0.381 e. The predicted octanol–water partition coefficient (Wildman–Crippen LogP) is 1.63. The van der Waals surface area contributed by atoms with Gasteiger partial charge in [-0.1, -0.05) is 6.92 Å². The third kappa shape index (κ3) is 2.58. The molecule has 1 N–H and O–H groups in total. The van der Waals surface area contributed by atoms with Crippen LogP contribution >= 0.6 is 0 Å². The van der Waals surface area contributed by atoms with E-state index in [0.717, 1.165) is 24.7 Å². The summed E-state index contributed by atoms with van der Waals surface area (Å²) in [7, 11) is 1.84. The van der Waals surface area contributed by atoms with Crippen molar-refractivity contribution in [1.82, 2.24) is 10.2 Å². The molecule has 16 heavy (non-hydrogen) atoms. The molecule has 1 aliphatic heterocycles. The average molecular weight is 226 g/mol. The van der Waals surface area contributed by atoms with E-state index in [1.807, 2.05) is 7.11 Å². The van der Waals surface area contributed by atoms with Crippen molar-refractivity contribution >= 4 is 0 Å². The van der Waals surface area contributed by atoms with Gasteiger partial charge in [0.05, 0.1) is 6.10 Å². The van der Waals surface area contributed by atoms with Crippen molar-refractivity contribution in [2.45, 2.75) is 63.8 Å². The quantitative estimate of drug-likeness (QED) is 0.788. The molecule has 0 amide bonds. The first-order valence-corrected chi connectivity index (χ1v) is 6.76. The Morgan fingerprint density at radius 2 is 2.06 bits per heavy atom. The summed E-state index contributed by atoms with van der Waals surface area (Å²) in [5, 5.41) is 3.58. The first-order chi connectivity index (χ1) is 7.74. The summed E-state index contributed by atoms with van der Waals surface area (Å²) in [6, 6.07) is 2.28. The summed E-state index contributed by atoms with van der Waals surface area (Å²) in [6.07, 6.45) is 5.64. The van der Waals surface area contributed by atoms with Gasteiger partial charge in [-0.15, -0.1) is 0 Å². The van der Waals surface area contributed by atoms with Crippen LogP contribution in [0.3, 0.4) is 0 Å². The maximum atomic E-state index is 5.36. The van der Waals surface area contributed by atoms with Crippen LogP contribution in [0.2, 0.25) is 0 Å². The minimum atomic E-state index is 0.531. The molecule has 0 aromatic carbocycles. The smallest absolute Gasteiger partial charge is 0.0601 e. The lowest BCUT2D eigenvalue weighted by Gasteiger charge is -2.48. The van der Waals surface area contributed by atoms with Crippen molar-refractivity contribution in [2.75, 3.05) is 20.2 Å². The number of methoxy groups -OCH3 is 1. The predicted molar refractivity (Wildman–Crippen MR) is 66.7 cm³/mol. The fourth-order valence-electron chi connectivity index (χ4n) is 3.21. The van der Waals surface area contributed by atoms with E-state index in [1.54, 1.807) is 0 Å². The van der Waals surface area contributed by atoms with Gasteiger partial charge in [-0.05, 0) is 39.2 Å². The van der Waals surface area contributed by atoms with Gasteiger partial charge in [0.2, 0.25) is 0 Å². The van der Waals surface area contributed by atoms with E-state index < -0.39 is 0 Å². The summed E-state index contributed by atoms with van der Waals surface area (Å²) in [6.45, 7) is 6.95. The summed E-state index contributed by atoms with van der Waals surface area (Å²) in [5.41, 5.74) is 0. The van der Waals surface area contributed by atoms with Gasteiger partial charge >= 0.3 is 0 Å². The molecule has 2 atom stereocenters. The Bertz CT molecular complexity index is 216. The molecule has 2 aliphatic rings. The van der Waals surface area contributed by atoms with E-state index >= 15 is 0 Å². The molecule has 2 fully saturated rings. The molecule has 3 nitrogen and oxygen atoms in total. The molecule has 2 unspecified atom stereocenters. The van der Waals surface area contributed by atoms with Gasteiger partial charge < -0.3 is 10.1 Å². The minimum absolute atomic E-state index is 0.531. The summed E-state index contributed by atoms with van der Waals surface area (Å²) >= 11 is 0. The van der Waals surface area contributed by atoms with Crippen LogP contribution in [0.15, 0.2) is 0 Å². The number of ether oxygens (including phenoxy) is 1. The fraction of sp³-hybridized carbons (Fsp3) is 1.00. The average Bonchev–Trinajstić information content (AvgIpc) is 2.20. The number of piperidine rings is 1. The summed E-state index contributed by atoms with van der Waals surface area (Å²) < 4.78 is 5.36. The Morgan fingerprint density at radius 3 is 2.62 bits per heavy atom. The van der Waals surface area contributed by atoms with Crippen LogP contribution in [-0.4, -0.2) is 49.3 Å². The molecular formula is C13H26N2O. The Kier molecular flexibility index (Phi) is 4.22. The van der Waals surface area contributed by atoms with Crippen molar-refractivity contribution < 1.29 is 4.74 Å². The molecule has 1 saturated carbocycles. The second-order valence-electron chi connectivity index (χ2n) is 5.35.